The number of fused-ring (bicyclic) bond motifs is 3. The van der Waals surface area contributed by atoms with E-state index in [1.165, 1.54) is 5.56 Å². The number of hydrogen-bond acceptors (Lipinski definition) is 5. The van der Waals surface area contributed by atoms with Gasteiger partial charge < -0.3 is 10.1 Å². The minimum Gasteiger partial charge on any atom is -0.497 e. The molecule has 5 rings (SSSR count). The van der Waals surface area contributed by atoms with Crippen molar-refractivity contribution >= 4 is 23.5 Å². The van der Waals surface area contributed by atoms with Gasteiger partial charge in [0.2, 0.25) is 0 Å². The van der Waals surface area contributed by atoms with Crippen molar-refractivity contribution in [3.05, 3.63) is 82.5 Å². The number of carbonyl (C=O) groups is 1. The first kappa shape index (κ1) is 18.9. The number of aryl methyl sites for hydroxylation is 2. The van der Waals surface area contributed by atoms with Crippen LogP contribution in [0.2, 0.25) is 0 Å². The molecule has 2 aromatic carbocycles. The predicted octanol–water partition coefficient (Wildman–Crippen LogP) is 5.19. The van der Waals surface area contributed by atoms with E-state index in [1.807, 2.05) is 24.3 Å². The van der Waals surface area contributed by atoms with Crippen LogP contribution in [0, 0.1) is 0 Å². The summed E-state index contributed by atoms with van der Waals surface area (Å²) in [5.74, 6) is 1.26. The van der Waals surface area contributed by atoms with E-state index in [0.29, 0.717) is 11.4 Å². The maximum Gasteiger partial charge on any atom is 0.256 e. The smallest absolute Gasteiger partial charge is 0.256 e. The summed E-state index contributed by atoms with van der Waals surface area (Å²) < 4.78 is 5.38. The first-order chi connectivity index (χ1) is 14.7. The van der Waals surface area contributed by atoms with Crippen molar-refractivity contribution in [2.24, 2.45) is 0 Å². The van der Waals surface area contributed by atoms with Gasteiger partial charge in [-0.15, -0.1) is 11.8 Å². The van der Waals surface area contributed by atoms with Gasteiger partial charge in [-0.3, -0.25) is 4.79 Å². The number of anilines is 1. The zero-order valence-corrected chi connectivity index (χ0v) is 17.4. The molecular formula is C24H21N3O2S. The van der Waals surface area contributed by atoms with Gasteiger partial charge in [0.15, 0.2) is 5.82 Å². The molecule has 2 aliphatic rings. The normalized spacial score (nSPS) is 16.6. The second-order valence-corrected chi connectivity index (χ2v) is 8.44. The molecule has 0 saturated carbocycles. The van der Waals surface area contributed by atoms with Crippen LogP contribution in [0.5, 0.6) is 5.75 Å². The maximum atomic E-state index is 12.8. The zero-order valence-electron chi connectivity index (χ0n) is 16.6. The van der Waals surface area contributed by atoms with Crippen LogP contribution >= 0.6 is 11.8 Å². The van der Waals surface area contributed by atoms with Crippen molar-refractivity contribution in [3.8, 4) is 17.0 Å². The van der Waals surface area contributed by atoms with E-state index in [2.05, 4.69) is 28.9 Å². The fraction of sp³-hybridized carbons (Fsp3) is 0.208. The number of nitrogens with one attached hydrogen (secondary N) is 1. The summed E-state index contributed by atoms with van der Waals surface area (Å²) in [6.07, 6.45) is 4.67. The van der Waals surface area contributed by atoms with Gasteiger partial charge in [-0.2, -0.15) is 0 Å². The lowest BCUT2D eigenvalue weighted by Crippen LogP contribution is -2.19. The van der Waals surface area contributed by atoms with Gasteiger partial charge in [0.05, 0.1) is 29.4 Å². The molecule has 5 nitrogen and oxygen atoms in total. The summed E-state index contributed by atoms with van der Waals surface area (Å²) in [6.45, 7) is 0. The highest BCUT2D eigenvalue weighted by atomic mass is 32.2. The number of carbonyl (C=O) groups excluding carboxylic acids is 1. The Kier molecular flexibility index (Phi) is 5.01. The molecule has 30 heavy (non-hydrogen) atoms. The van der Waals surface area contributed by atoms with Crippen molar-refractivity contribution in [1.82, 2.24) is 9.97 Å². The summed E-state index contributed by atoms with van der Waals surface area (Å²) in [5, 5.41) is 5.26. The number of aromatic nitrogens is 2. The standard InChI is InChI=1S/C24H21N3O2S/c1-29-17-10-11-18-16(14-17)9-12-19-21(18)26-22(20-8-5-13-30-20)23(25-19)27-24(28)15-6-3-2-4-7-15/h2-7,10-11,13-14,20H,8-9,12H2,1H3,(H,25,27,28). The van der Waals surface area contributed by atoms with E-state index < -0.39 is 0 Å². The molecule has 1 amide bonds. The number of ether oxygens (including phenoxy) is 1. The summed E-state index contributed by atoms with van der Waals surface area (Å²) in [6, 6.07) is 15.3. The lowest BCUT2D eigenvalue weighted by atomic mass is 9.91. The van der Waals surface area contributed by atoms with Gasteiger partial charge in [0.1, 0.15) is 5.75 Å². The molecule has 0 spiro atoms. The highest BCUT2D eigenvalue weighted by Crippen LogP contribution is 2.42. The van der Waals surface area contributed by atoms with Crippen molar-refractivity contribution in [2.75, 3.05) is 12.4 Å². The minimum atomic E-state index is -0.164. The highest BCUT2D eigenvalue weighted by Gasteiger charge is 2.27. The summed E-state index contributed by atoms with van der Waals surface area (Å²) in [4.78, 5) is 22.8. The van der Waals surface area contributed by atoms with E-state index >= 15 is 0 Å². The lowest BCUT2D eigenvalue weighted by molar-refractivity contribution is 0.102. The Morgan fingerprint density at radius 1 is 1.13 bits per heavy atom. The Morgan fingerprint density at radius 2 is 2.00 bits per heavy atom. The summed E-state index contributed by atoms with van der Waals surface area (Å²) in [7, 11) is 1.68. The first-order valence-electron chi connectivity index (χ1n) is 9.98. The van der Waals surface area contributed by atoms with Gasteiger partial charge in [-0.25, -0.2) is 9.97 Å². The monoisotopic (exact) mass is 415 g/mol. The number of nitrogens with zero attached hydrogens (tertiary/aromatic N) is 2. The van der Waals surface area contributed by atoms with Crippen molar-refractivity contribution in [1.29, 1.82) is 0 Å². The fourth-order valence-electron chi connectivity index (χ4n) is 3.91. The van der Waals surface area contributed by atoms with Crippen LogP contribution in [0.3, 0.4) is 0 Å². The molecule has 1 aromatic heterocycles. The Bertz CT molecular complexity index is 1140. The Balaban J connectivity index is 1.57. The van der Waals surface area contributed by atoms with Gasteiger partial charge >= 0.3 is 0 Å². The van der Waals surface area contributed by atoms with E-state index in [0.717, 1.165) is 47.7 Å². The Hall–Kier alpha value is -3.12. The van der Waals surface area contributed by atoms with Crippen molar-refractivity contribution < 1.29 is 9.53 Å². The average molecular weight is 416 g/mol. The molecule has 0 bridgehead atoms. The van der Waals surface area contributed by atoms with Crippen LogP contribution in [0.4, 0.5) is 5.82 Å². The molecule has 3 aromatic rings. The highest BCUT2D eigenvalue weighted by molar-refractivity contribution is 8.02. The lowest BCUT2D eigenvalue weighted by Gasteiger charge is -2.23. The van der Waals surface area contributed by atoms with Crippen LogP contribution < -0.4 is 10.1 Å². The second-order valence-electron chi connectivity index (χ2n) is 7.33. The molecule has 1 atom stereocenters. The third-order valence-corrected chi connectivity index (χ3v) is 6.55. The molecule has 6 heteroatoms. The number of thioether (sulfide) groups is 1. The molecule has 0 saturated heterocycles. The van der Waals surface area contributed by atoms with Crippen LogP contribution in [0.15, 0.2) is 60.0 Å². The van der Waals surface area contributed by atoms with Gasteiger partial charge in [0.25, 0.3) is 5.91 Å². The van der Waals surface area contributed by atoms with E-state index in [9.17, 15) is 4.79 Å². The Labute approximate surface area is 179 Å². The molecule has 1 aliphatic heterocycles. The topological polar surface area (TPSA) is 64.1 Å². The number of allylic oxidation sites excluding steroid dienone is 1. The van der Waals surface area contributed by atoms with Crippen molar-refractivity contribution in [2.45, 2.75) is 24.5 Å². The first-order valence-corrected chi connectivity index (χ1v) is 10.9. The third-order valence-electron chi connectivity index (χ3n) is 5.46. The number of amides is 1. The van der Waals surface area contributed by atoms with E-state index in [-0.39, 0.29) is 11.2 Å². The second kappa shape index (κ2) is 7.95. The van der Waals surface area contributed by atoms with E-state index in [1.54, 1.807) is 31.0 Å². The maximum absolute atomic E-state index is 12.8. The summed E-state index contributed by atoms with van der Waals surface area (Å²) >= 11 is 1.72. The van der Waals surface area contributed by atoms with Gasteiger partial charge in [-0.1, -0.05) is 24.3 Å². The molecule has 0 radical (unpaired) electrons. The molecular weight excluding hydrogens is 394 g/mol. The van der Waals surface area contributed by atoms with Crippen LogP contribution in [0.1, 0.15) is 39.0 Å². The number of rotatable bonds is 4. The van der Waals surface area contributed by atoms with Gasteiger partial charge in [0, 0.05) is 11.1 Å². The van der Waals surface area contributed by atoms with Crippen LogP contribution in [-0.4, -0.2) is 23.0 Å². The quantitative estimate of drug-likeness (QED) is 0.635. The zero-order chi connectivity index (χ0) is 20.5. The number of benzene rings is 2. The van der Waals surface area contributed by atoms with Crippen LogP contribution in [0.25, 0.3) is 11.3 Å². The minimum absolute atomic E-state index is 0.150. The summed E-state index contributed by atoms with van der Waals surface area (Å²) in [5.41, 5.74) is 5.60. The van der Waals surface area contributed by atoms with Crippen molar-refractivity contribution in [3.63, 3.8) is 0 Å². The van der Waals surface area contributed by atoms with Crippen LogP contribution in [-0.2, 0) is 12.8 Å². The molecule has 2 heterocycles. The predicted molar refractivity (Wildman–Crippen MR) is 120 cm³/mol. The molecule has 1 unspecified atom stereocenters. The number of hydrogen-bond donors (Lipinski definition) is 1. The molecule has 150 valence electrons. The average Bonchev–Trinajstić information content (AvgIpc) is 3.33. The molecule has 1 aliphatic carbocycles. The molecule has 0 fully saturated rings. The SMILES string of the molecule is COc1ccc2c(c1)CCc1nc(NC(=O)c3ccccc3)c(C3CC=CS3)nc1-2. The largest absolute Gasteiger partial charge is 0.497 e. The fourth-order valence-corrected chi connectivity index (χ4v) is 4.84. The third kappa shape index (κ3) is 3.48. The van der Waals surface area contributed by atoms with Gasteiger partial charge in [-0.05, 0) is 60.6 Å². The molecule has 1 N–H and O–H groups in total. The van der Waals surface area contributed by atoms with E-state index in [4.69, 9.17) is 14.7 Å². The Morgan fingerprint density at radius 3 is 2.77 bits per heavy atom. The number of methoxy groups -OCH3 is 1.